The summed E-state index contributed by atoms with van der Waals surface area (Å²) in [6.07, 6.45) is 48.2. The molecule has 6 nitrogen and oxygen atoms in total. The van der Waals surface area contributed by atoms with Crippen LogP contribution in [0.2, 0.25) is 0 Å². The van der Waals surface area contributed by atoms with Crippen LogP contribution in [0.25, 0.3) is 0 Å². The maximum absolute atomic E-state index is 12.8. The van der Waals surface area contributed by atoms with Gasteiger partial charge in [-0.2, -0.15) is 0 Å². The first-order valence-corrected chi connectivity index (χ1v) is 26.8. The van der Waals surface area contributed by atoms with E-state index in [1.165, 1.54) is 186 Å². The monoisotopic (exact) mass is 849 g/mol. The van der Waals surface area contributed by atoms with E-state index in [1.807, 2.05) is 0 Å². The van der Waals surface area contributed by atoms with Gasteiger partial charge in [0.15, 0.2) is 6.10 Å². The Morgan fingerprint density at radius 3 is 0.950 bits per heavy atom. The highest BCUT2D eigenvalue weighted by molar-refractivity contribution is 5.71. The Morgan fingerprint density at radius 1 is 0.350 bits per heavy atom. The van der Waals surface area contributed by atoms with Crippen molar-refractivity contribution in [2.45, 2.75) is 304 Å². The maximum atomic E-state index is 12.8. The molecule has 60 heavy (non-hydrogen) atoms. The molecule has 0 heterocycles. The van der Waals surface area contributed by atoms with Crippen molar-refractivity contribution in [3.8, 4) is 0 Å². The van der Waals surface area contributed by atoms with E-state index in [0.717, 1.165) is 69.6 Å². The summed E-state index contributed by atoms with van der Waals surface area (Å²) in [6.45, 7) is 11.4. The lowest BCUT2D eigenvalue weighted by atomic mass is 9.99. The molecule has 0 aromatic heterocycles. The minimum absolute atomic E-state index is 0.0642. The van der Waals surface area contributed by atoms with Gasteiger partial charge in [-0.05, 0) is 31.1 Å². The van der Waals surface area contributed by atoms with E-state index in [1.54, 1.807) is 0 Å². The van der Waals surface area contributed by atoms with Gasteiger partial charge in [0.1, 0.15) is 13.2 Å². The highest BCUT2D eigenvalue weighted by Crippen LogP contribution is 2.18. The molecule has 0 aromatic carbocycles. The second kappa shape index (κ2) is 46.9. The zero-order valence-electron chi connectivity index (χ0n) is 41.1. The SMILES string of the molecule is CCCCCCCCCC(=O)OC[C@@H](COC(=O)CCCCCCCCCCCCC(C)C)OC(=O)CCCCCCCCCCCCCCCCCCCCC(C)CC. The quantitative estimate of drug-likeness (QED) is 0.0345. The number of hydrogen-bond donors (Lipinski definition) is 0. The number of hydrogen-bond acceptors (Lipinski definition) is 6. The minimum Gasteiger partial charge on any atom is -0.462 e. The molecule has 356 valence electrons. The van der Waals surface area contributed by atoms with Gasteiger partial charge in [0.05, 0.1) is 0 Å². The molecule has 0 bridgehead atoms. The van der Waals surface area contributed by atoms with Crippen LogP contribution in [-0.4, -0.2) is 37.2 Å². The van der Waals surface area contributed by atoms with Crippen molar-refractivity contribution in [2.24, 2.45) is 11.8 Å². The average molecular weight is 849 g/mol. The van der Waals surface area contributed by atoms with E-state index in [0.29, 0.717) is 19.3 Å². The molecular formula is C54H104O6. The topological polar surface area (TPSA) is 78.9 Å². The molecule has 6 heteroatoms. The molecule has 0 rings (SSSR count). The average Bonchev–Trinajstić information content (AvgIpc) is 3.23. The van der Waals surface area contributed by atoms with Crippen molar-refractivity contribution in [3.63, 3.8) is 0 Å². The van der Waals surface area contributed by atoms with Gasteiger partial charge >= 0.3 is 17.9 Å². The third kappa shape index (κ3) is 45.9. The summed E-state index contributed by atoms with van der Waals surface area (Å²) in [5.41, 5.74) is 0. The standard InChI is InChI=1S/C54H104O6/c1-6-8-9-10-27-34-39-44-52(55)58-47-51(48-59-53(56)45-40-35-30-25-22-21-23-28-32-37-42-49(3)4)60-54(57)46-41-36-31-26-20-18-16-14-12-11-13-15-17-19-24-29-33-38-43-50(5)7-2/h49-51H,6-48H2,1-5H3/t50?,51-/m0/s1. The molecule has 2 atom stereocenters. The first-order valence-electron chi connectivity index (χ1n) is 26.8. The Bertz CT molecular complexity index is 918. The van der Waals surface area contributed by atoms with Gasteiger partial charge in [0, 0.05) is 19.3 Å². The fraction of sp³-hybridized carbons (Fsp3) is 0.944. The Balaban J connectivity index is 4.14. The van der Waals surface area contributed by atoms with Crippen molar-refractivity contribution in [2.75, 3.05) is 13.2 Å². The molecule has 0 amide bonds. The van der Waals surface area contributed by atoms with Crippen LogP contribution < -0.4 is 0 Å². The van der Waals surface area contributed by atoms with Gasteiger partial charge in [-0.25, -0.2) is 0 Å². The number of carbonyl (C=O) groups excluding carboxylic acids is 3. The number of ether oxygens (including phenoxy) is 3. The minimum atomic E-state index is -0.760. The first kappa shape index (κ1) is 58.4. The molecule has 0 radical (unpaired) electrons. The molecule has 0 aliphatic heterocycles. The van der Waals surface area contributed by atoms with Crippen molar-refractivity contribution in [3.05, 3.63) is 0 Å². The van der Waals surface area contributed by atoms with Crippen molar-refractivity contribution < 1.29 is 28.6 Å². The van der Waals surface area contributed by atoms with Crippen LogP contribution in [0, 0.1) is 11.8 Å². The predicted octanol–water partition coefficient (Wildman–Crippen LogP) is 17.3. The first-order chi connectivity index (χ1) is 29.3. The number of carbonyl (C=O) groups is 3. The third-order valence-electron chi connectivity index (χ3n) is 12.6. The smallest absolute Gasteiger partial charge is 0.306 e. The van der Waals surface area contributed by atoms with Crippen LogP contribution >= 0.6 is 0 Å². The largest absolute Gasteiger partial charge is 0.462 e. The summed E-state index contributed by atoms with van der Waals surface area (Å²) >= 11 is 0. The van der Waals surface area contributed by atoms with Gasteiger partial charge in [0.2, 0.25) is 0 Å². The van der Waals surface area contributed by atoms with Gasteiger partial charge in [-0.3, -0.25) is 14.4 Å². The van der Waals surface area contributed by atoms with Crippen LogP contribution in [0.5, 0.6) is 0 Å². The molecule has 0 aliphatic rings. The molecular weight excluding hydrogens is 745 g/mol. The molecule has 0 saturated heterocycles. The molecule has 0 fully saturated rings. The van der Waals surface area contributed by atoms with E-state index in [4.69, 9.17) is 14.2 Å². The fourth-order valence-electron chi connectivity index (χ4n) is 8.13. The van der Waals surface area contributed by atoms with E-state index in [-0.39, 0.29) is 31.1 Å². The summed E-state index contributed by atoms with van der Waals surface area (Å²) < 4.78 is 16.8. The highest BCUT2D eigenvalue weighted by Gasteiger charge is 2.19. The zero-order valence-corrected chi connectivity index (χ0v) is 41.1. The number of rotatable bonds is 48. The van der Waals surface area contributed by atoms with Crippen LogP contribution in [0.3, 0.4) is 0 Å². The van der Waals surface area contributed by atoms with Crippen LogP contribution in [-0.2, 0) is 28.6 Å². The number of esters is 3. The lowest BCUT2D eigenvalue weighted by Crippen LogP contribution is -2.30. The van der Waals surface area contributed by atoms with Crippen LogP contribution in [0.1, 0.15) is 298 Å². The van der Waals surface area contributed by atoms with Crippen LogP contribution in [0.15, 0.2) is 0 Å². The molecule has 1 unspecified atom stereocenters. The van der Waals surface area contributed by atoms with Gasteiger partial charge in [-0.15, -0.1) is 0 Å². The lowest BCUT2D eigenvalue weighted by molar-refractivity contribution is -0.167. The van der Waals surface area contributed by atoms with E-state index < -0.39 is 6.10 Å². The van der Waals surface area contributed by atoms with Crippen molar-refractivity contribution >= 4 is 17.9 Å². The molecule has 0 spiro atoms. The second-order valence-corrected chi connectivity index (χ2v) is 19.2. The summed E-state index contributed by atoms with van der Waals surface area (Å²) in [4.78, 5) is 37.8. The van der Waals surface area contributed by atoms with Crippen molar-refractivity contribution in [1.82, 2.24) is 0 Å². The highest BCUT2D eigenvalue weighted by atomic mass is 16.6. The maximum Gasteiger partial charge on any atom is 0.306 e. The fourth-order valence-corrected chi connectivity index (χ4v) is 8.13. The Kier molecular flexibility index (Phi) is 45.7. The summed E-state index contributed by atoms with van der Waals surface area (Å²) in [5, 5.41) is 0. The molecule has 0 aliphatic carbocycles. The second-order valence-electron chi connectivity index (χ2n) is 19.2. The summed E-state index contributed by atoms with van der Waals surface area (Å²) in [7, 11) is 0. The molecule has 0 saturated carbocycles. The van der Waals surface area contributed by atoms with Gasteiger partial charge in [-0.1, -0.05) is 259 Å². The van der Waals surface area contributed by atoms with Gasteiger partial charge < -0.3 is 14.2 Å². The zero-order chi connectivity index (χ0) is 44.0. The van der Waals surface area contributed by atoms with E-state index in [9.17, 15) is 14.4 Å². The Hall–Kier alpha value is -1.59. The van der Waals surface area contributed by atoms with Crippen molar-refractivity contribution in [1.29, 1.82) is 0 Å². The summed E-state index contributed by atoms with van der Waals surface area (Å²) in [6, 6.07) is 0. The lowest BCUT2D eigenvalue weighted by Gasteiger charge is -2.18. The van der Waals surface area contributed by atoms with E-state index >= 15 is 0 Å². The predicted molar refractivity (Wildman–Crippen MR) is 256 cm³/mol. The third-order valence-corrected chi connectivity index (χ3v) is 12.6. The Labute approximate surface area is 374 Å². The Morgan fingerprint density at radius 2 is 0.633 bits per heavy atom. The van der Waals surface area contributed by atoms with E-state index in [2.05, 4.69) is 34.6 Å². The number of unbranched alkanes of at least 4 members (excludes halogenated alkanes) is 32. The molecule has 0 N–H and O–H groups in total. The van der Waals surface area contributed by atoms with Gasteiger partial charge in [0.25, 0.3) is 0 Å². The summed E-state index contributed by atoms with van der Waals surface area (Å²) in [5.74, 6) is 0.874. The normalized spacial score (nSPS) is 12.5. The van der Waals surface area contributed by atoms with Crippen LogP contribution in [0.4, 0.5) is 0 Å². The molecule has 0 aromatic rings.